The summed E-state index contributed by atoms with van der Waals surface area (Å²) in [7, 11) is 0. The molecule has 5 nitrogen and oxygen atoms in total. The van der Waals surface area contributed by atoms with Crippen LogP contribution in [0.15, 0.2) is 35.7 Å². The SMILES string of the molecule is CC(=O)O[C@H]1CC[C@]2(C)[C@H]3CC[C@@H]4C5=C(C(C)C)C(=O)C[C@]5(C(=O)Cc5ccncc5)CC[C@@]4(C)[C@]3(C)CC[C@H]2C1(C)C. The van der Waals surface area contributed by atoms with Crippen LogP contribution >= 0.6 is 0 Å². The number of ketones is 2. The topological polar surface area (TPSA) is 73.3 Å². The van der Waals surface area contributed by atoms with Crippen molar-refractivity contribution >= 4 is 17.5 Å². The van der Waals surface area contributed by atoms with E-state index in [9.17, 15) is 14.4 Å². The molecule has 6 rings (SSSR count). The molecule has 0 unspecified atom stereocenters. The van der Waals surface area contributed by atoms with E-state index in [1.54, 1.807) is 19.3 Å². The molecule has 0 amide bonds. The molecule has 0 aromatic carbocycles. The summed E-state index contributed by atoms with van der Waals surface area (Å²) in [5.74, 6) is 1.73. The lowest BCUT2D eigenvalue weighted by Gasteiger charge is -2.72. The third kappa shape index (κ3) is 4.22. The van der Waals surface area contributed by atoms with Crippen LogP contribution < -0.4 is 0 Å². The fraction of sp³-hybridized carbons (Fsp3) is 0.737. The first-order valence-corrected chi connectivity index (χ1v) is 17.0. The number of carbonyl (C=O) groups excluding carboxylic acids is 3. The Morgan fingerprint density at radius 2 is 1.60 bits per heavy atom. The van der Waals surface area contributed by atoms with Gasteiger partial charge in [0.05, 0.1) is 5.41 Å². The number of pyridine rings is 1. The second-order valence-corrected chi connectivity index (χ2v) is 16.7. The molecular weight excluding hydrogens is 534 g/mol. The number of hydrogen-bond donors (Lipinski definition) is 0. The molecule has 0 saturated heterocycles. The van der Waals surface area contributed by atoms with Gasteiger partial charge in [-0.15, -0.1) is 0 Å². The van der Waals surface area contributed by atoms with Crippen LogP contribution in [-0.2, 0) is 25.5 Å². The Morgan fingerprint density at radius 1 is 0.907 bits per heavy atom. The van der Waals surface area contributed by atoms with E-state index in [1.165, 1.54) is 5.57 Å². The standard InChI is InChI=1S/C38H53NO4/c1-23(2)32-27(41)22-38(30(42)21-25-13-19-39-20-14-25)18-17-36(7)26(33(32)38)9-10-29-35(6)15-12-31(43-24(3)40)34(4,5)28(35)11-16-37(29,36)8/h13-14,19-20,23,26,28-29,31H,9-12,15-18,21-22H2,1-8H3/t26-,28+,29-,31+,35+,36-,37-,38+/m1/s1. The number of ether oxygens (including phenoxy) is 1. The largest absolute Gasteiger partial charge is 0.462 e. The number of hydrogen-bond acceptors (Lipinski definition) is 5. The van der Waals surface area contributed by atoms with Crippen LogP contribution in [0.3, 0.4) is 0 Å². The van der Waals surface area contributed by atoms with Gasteiger partial charge in [0, 0.05) is 37.6 Å². The van der Waals surface area contributed by atoms with Gasteiger partial charge < -0.3 is 4.74 Å². The summed E-state index contributed by atoms with van der Waals surface area (Å²) in [5.41, 5.74) is 2.81. The second-order valence-electron chi connectivity index (χ2n) is 16.7. The predicted molar refractivity (Wildman–Crippen MR) is 168 cm³/mol. The predicted octanol–water partition coefficient (Wildman–Crippen LogP) is 8.11. The molecule has 5 heteroatoms. The van der Waals surface area contributed by atoms with E-state index in [1.807, 2.05) is 12.1 Å². The molecule has 1 aromatic rings. The molecular formula is C38H53NO4. The summed E-state index contributed by atoms with van der Waals surface area (Å²) >= 11 is 0. The summed E-state index contributed by atoms with van der Waals surface area (Å²) in [5, 5.41) is 0. The van der Waals surface area contributed by atoms with E-state index in [2.05, 4.69) is 53.5 Å². The van der Waals surface area contributed by atoms with Crippen LogP contribution in [0.25, 0.3) is 0 Å². The van der Waals surface area contributed by atoms with Gasteiger partial charge in [-0.3, -0.25) is 19.4 Å². The van der Waals surface area contributed by atoms with Crippen LogP contribution in [0.2, 0.25) is 0 Å². The third-order valence-electron chi connectivity index (χ3n) is 14.3. The van der Waals surface area contributed by atoms with Crippen molar-refractivity contribution in [1.29, 1.82) is 0 Å². The average molecular weight is 588 g/mol. The highest BCUT2D eigenvalue weighted by atomic mass is 16.5. The Balaban J connectivity index is 1.39. The fourth-order valence-electron chi connectivity index (χ4n) is 12.2. The zero-order valence-corrected chi connectivity index (χ0v) is 27.8. The summed E-state index contributed by atoms with van der Waals surface area (Å²) in [6, 6.07) is 3.88. The Labute approximate surface area is 259 Å². The van der Waals surface area contributed by atoms with Crippen LogP contribution in [0, 0.1) is 50.7 Å². The molecule has 0 bridgehead atoms. The molecule has 43 heavy (non-hydrogen) atoms. The number of esters is 1. The molecule has 0 radical (unpaired) electrons. The van der Waals surface area contributed by atoms with Crippen molar-refractivity contribution in [2.45, 2.75) is 126 Å². The summed E-state index contributed by atoms with van der Waals surface area (Å²) in [6.07, 6.45) is 12.5. The van der Waals surface area contributed by atoms with Crippen molar-refractivity contribution in [2.24, 2.45) is 50.7 Å². The molecule has 0 spiro atoms. The van der Waals surface area contributed by atoms with Gasteiger partial charge in [-0.25, -0.2) is 0 Å². The Hall–Kier alpha value is -2.30. The number of fused-ring (bicyclic) bond motifs is 7. The Morgan fingerprint density at radius 3 is 2.26 bits per heavy atom. The maximum atomic E-state index is 14.4. The molecule has 1 heterocycles. The monoisotopic (exact) mass is 587 g/mol. The molecule has 5 aliphatic carbocycles. The Kier molecular flexibility index (Phi) is 7.22. The van der Waals surface area contributed by atoms with Crippen molar-refractivity contribution in [3.63, 3.8) is 0 Å². The molecule has 8 atom stereocenters. The second kappa shape index (κ2) is 10.1. The van der Waals surface area contributed by atoms with E-state index in [-0.39, 0.29) is 57.1 Å². The lowest BCUT2D eigenvalue weighted by atomic mass is 9.33. The first-order chi connectivity index (χ1) is 20.1. The number of rotatable bonds is 5. The summed E-state index contributed by atoms with van der Waals surface area (Å²) in [6.45, 7) is 18.2. The van der Waals surface area contributed by atoms with Gasteiger partial charge in [0.1, 0.15) is 11.9 Å². The molecule has 234 valence electrons. The maximum Gasteiger partial charge on any atom is 0.302 e. The van der Waals surface area contributed by atoms with Crippen molar-refractivity contribution < 1.29 is 19.1 Å². The minimum Gasteiger partial charge on any atom is -0.462 e. The number of allylic oxidation sites excluding steroid dienone is 2. The molecule has 0 N–H and O–H groups in total. The molecule has 4 fully saturated rings. The van der Waals surface area contributed by atoms with Gasteiger partial charge in [0.2, 0.25) is 0 Å². The van der Waals surface area contributed by atoms with Gasteiger partial charge in [-0.05, 0) is 120 Å². The van der Waals surface area contributed by atoms with Crippen LogP contribution in [0.1, 0.15) is 119 Å². The van der Waals surface area contributed by atoms with Crippen molar-refractivity contribution in [3.05, 3.63) is 41.2 Å². The van der Waals surface area contributed by atoms with Crippen molar-refractivity contribution in [3.8, 4) is 0 Å². The van der Waals surface area contributed by atoms with Gasteiger partial charge in [-0.2, -0.15) is 0 Å². The molecule has 0 aliphatic heterocycles. The summed E-state index contributed by atoms with van der Waals surface area (Å²) < 4.78 is 5.92. The zero-order valence-electron chi connectivity index (χ0n) is 27.8. The van der Waals surface area contributed by atoms with Gasteiger partial charge >= 0.3 is 5.97 Å². The summed E-state index contributed by atoms with van der Waals surface area (Å²) in [4.78, 5) is 44.4. The first-order valence-electron chi connectivity index (χ1n) is 17.0. The minimum absolute atomic E-state index is 0.0238. The Bertz CT molecular complexity index is 1360. The normalized spacial score (nSPS) is 41.7. The van der Waals surface area contributed by atoms with E-state index in [0.717, 1.165) is 62.5 Å². The van der Waals surface area contributed by atoms with Gasteiger partial charge in [-0.1, -0.05) is 48.5 Å². The quantitative estimate of drug-likeness (QED) is 0.325. The average Bonchev–Trinajstić information content (AvgIpc) is 3.24. The van der Waals surface area contributed by atoms with E-state index in [4.69, 9.17) is 4.74 Å². The molecule has 4 saturated carbocycles. The van der Waals surface area contributed by atoms with Crippen molar-refractivity contribution in [2.75, 3.05) is 0 Å². The fourth-order valence-corrected chi connectivity index (χ4v) is 12.2. The molecule has 1 aromatic heterocycles. The highest BCUT2D eigenvalue weighted by Gasteiger charge is 2.70. The maximum absolute atomic E-state index is 14.4. The molecule has 5 aliphatic rings. The van der Waals surface area contributed by atoms with Gasteiger partial charge in [0.15, 0.2) is 5.78 Å². The number of nitrogens with zero attached hydrogens (tertiary/aromatic N) is 1. The lowest BCUT2D eigenvalue weighted by molar-refractivity contribution is -0.232. The number of Topliss-reactive ketones (excluding diaryl/α,β-unsaturated/α-hetero) is 2. The first kappa shape index (κ1) is 30.7. The van der Waals surface area contributed by atoms with E-state index >= 15 is 0 Å². The number of carbonyl (C=O) groups is 3. The van der Waals surface area contributed by atoms with E-state index in [0.29, 0.717) is 24.7 Å². The van der Waals surface area contributed by atoms with Crippen LogP contribution in [0.5, 0.6) is 0 Å². The van der Waals surface area contributed by atoms with Crippen LogP contribution in [-0.4, -0.2) is 28.6 Å². The highest BCUT2D eigenvalue weighted by Crippen LogP contribution is 2.76. The number of aromatic nitrogens is 1. The van der Waals surface area contributed by atoms with E-state index < -0.39 is 5.41 Å². The minimum atomic E-state index is -0.654. The van der Waals surface area contributed by atoms with Crippen molar-refractivity contribution in [1.82, 2.24) is 4.98 Å². The van der Waals surface area contributed by atoms with Crippen LogP contribution in [0.4, 0.5) is 0 Å². The zero-order chi connectivity index (χ0) is 31.2. The third-order valence-corrected chi connectivity index (χ3v) is 14.3. The smallest absolute Gasteiger partial charge is 0.302 e. The lowest BCUT2D eigenvalue weighted by Crippen LogP contribution is -2.66. The highest BCUT2D eigenvalue weighted by molar-refractivity contribution is 6.07. The van der Waals surface area contributed by atoms with Gasteiger partial charge in [0.25, 0.3) is 0 Å².